The molecule has 0 bridgehead atoms. The SMILES string of the molecule is CCCCOc1cccc(/C(O)=C2\C(=O)C(=O)N(CCc3ccccc3)C2c2cccc(Oc3ccccc3)c2)c1. The number of rotatable bonds is 11. The van der Waals surface area contributed by atoms with Gasteiger partial charge in [0.15, 0.2) is 0 Å². The van der Waals surface area contributed by atoms with Crippen LogP contribution in [0.4, 0.5) is 0 Å². The van der Waals surface area contributed by atoms with Crippen molar-refractivity contribution in [2.75, 3.05) is 13.2 Å². The maximum atomic E-state index is 13.5. The molecule has 1 saturated heterocycles. The molecule has 4 aromatic carbocycles. The summed E-state index contributed by atoms with van der Waals surface area (Å²) in [6, 6.07) is 32.7. The van der Waals surface area contributed by atoms with Gasteiger partial charge in [0.25, 0.3) is 11.7 Å². The van der Waals surface area contributed by atoms with Gasteiger partial charge in [0.2, 0.25) is 0 Å². The number of para-hydroxylation sites is 1. The summed E-state index contributed by atoms with van der Waals surface area (Å²) in [5.74, 6) is 0.238. The lowest BCUT2D eigenvalue weighted by molar-refractivity contribution is -0.139. The van der Waals surface area contributed by atoms with Crippen LogP contribution in [0, 0.1) is 0 Å². The molecule has 6 nitrogen and oxygen atoms in total. The van der Waals surface area contributed by atoms with Gasteiger partial charge in [-0.25, -0.2) is 0 Å². The molecular weight excluding hydrogens is 514 g/mol. The van der Waals surface area contributed by atoms with Gasteiger partial charge in [0.05, 0.1) is 18.2 Å². The average Bonchev–Trinajstić information content (AvgIpc) is 3.26. The number of carbonyl (C=O) groups excluding carboxylic acids is 2. The molecule has 1 atom stereocenters. The fraction of sp³-hybridized carbons (Fsp3) is 0.200. The average molecular weight is 548 g/mol. The number of hydrogen-bond donors (Lipinski definition) is 1. The summed E-state index contributed by atoms with van der Waals surface area (Å²) in [7, 11) is 0. The number of benzene rings is 4. The molecule has 1 fully saturated rings. The van der Waals surface area contributed by atoms with Crippen LogP contribution in [0.3, 0.4) is 0 Å². The Hall–Kier alpha value is -4.84. The lowest BCUT2D eigenvalue weighted by atomic mass is 9.95. The van der Waals surface area contributed by atoms with Crippen LogP contribution in [0.15, 0.2) is 115 Å². The van der Waals surface area contributed by atoms with Gasteiger partial charge in [-0.15, -0.1) is 0 Å². The van der Waals surface area contributed by atoms with E-state index >= 15 is 0 Å². The Labute approximate surface area is 240 Å². The van der Waals surface area contributed by atoms with Crippen molar-refractivity contribution in [3.63, 3.8) is 0 Å². The number of ether oxygens (including phenoxy) is 2. The van der Waals surface area contributed by atoms with Crippen molar-refractivity contribution in [1.82, 2.24) is 4.90 Å². The summed E-state index contributed by atoms with van der Waals surface area (Å²) >= 11 is 0. The first-order valence-electron chi connectivity index (χ1n) is 13.9. The van der Waals surface area contributed by atoms with Crippen LogP contribution in [-0.4, -0.2) is 34.8 Å². The molecule has 1 aliphatic rings. The lowest BCUT2D eigenvalue weighted by Gasteiger charge is -2.26. The van der Waals surface area contributed by atoms with Gasteiger partial charge in [-0.2, -0.15) is 0 Å². The molecule has 0 radical (unpaired) electrons. The Morgan fingerprint density at radius 1 is 0.805 bits per heavy atom. The van der Waals surface area contributed by atoms with Crippen molar-refractivity contribution < 1.29 is 24.2 Å². The molecular formula is C35H33NO5. The third-order valence-corrected chi connectivity index (χ3v) is 7.05. The Bertz CT molecular complexity index is 1530. The minimum absolute atomic E-state index is 0.0469. The quantitative estimate of drug-likeness (QED) is 0.0921. The second-order valence-electron chi connectivity index (χ2n) is 9.95. The van der Waals surface area contributed by atoms with Gasteiger partial charge in [0, 0.05) is 12.1 Å². The summed E-state index contributed by atoms with van der Waals surface area (Å²) in [6.45, 7) is 2.95. The van der Waals surface area contributed by atoms with Crippen molar-refractivity contribution in [1.29, 1.82) is 0 Å². The molecule has 0 saturated carbocycles. The van der Waals surface area contributed by atoms with E-state index < -0.39 is 17.7 Å². The minimum Gasteiger partial charge on any atom is -0.507 e. The maximum absolute atomic E-state index is 13.5. The van der Waals surface area contributed by atoms with Crippen molar-refractivity contribution >= 4 is 17.4 Å². The molecule has 1 unspecified atom stereocenters. The monoisotopic (exact) mass is 547 g/mol. The number of aliphatic hydroxyl groups excluding tert-OH is 1. The fourth-order valence-electron chi connectivity index (χ4n) is 4.95. The summed E-state index contributed by atoms with van der Waals surface area (Å²) in [5.41, 5.74) is 2.18. The molecule has 4 aromatic rings. The largest absolute Gasteiger partial charge is 0.507 e. The van der Waals surface area contributed by atoms with Crippen LogP contribution in [0.2, 0.25) is 0 Å². The zero-order valence-electron chi connectivity index (χ0n) is 23.0. The molecule has 1 N–H and O–H groups in total. The standard InChI is InChI=1S/C35H33NO5/c1-2-3-22-40-29-18-11-15-27(24-29)33(37)31-32(26-14-10-19-30(23-26)41-28-16-8-5-9-17-28)36(35(39)34(31)38)21-20-25-12-6-4-7-13-25/h4-19,23-24,32,37H,2-3,20-22H2,1H3/b33-31+. The van der Waals surface area contributed by atoms with Gasteiger partial charge >= 0.3 is 0 Å². The predicted molar refractivity (Wildman–Crippen MR) is 159 cm³/mol. The van der Waals surface area contributed by atoms with E-state index in [-0.39, 0.29) is 11.3 Å². The van der Waals surface area contributed by atoms with E-state index in [1.54, 1.807) is 23.1 Å². The molecule has 6 heteroatoms. The fourth-order valence-corrected chi connectivity index (χ4v) is 4.95. The van der Waals surface area contributed by atoms with Crippen LogP contribution in [0.5, 0.6) is 17.2 Å². The summed E-state index contributed by atoms with van der Waals surface area (Å²) < 4.78 is 11.9. The van der Waals surface area contributed by atoms with Crippen LogP contribution < -0.4 is 9.47 Å². The first-order valence-corrected chi connectivity index (χ1v) is 13.9. The molecule has 0 aliphatic carbocycles. The number of ketones is 1. The Balaban J connectivity index is 1.54. The molecule has 1 amide bonds. The van der Waals surface area contributed by atoms with E-state index in [2.05, 4.69) is 6.92 Å². The highest BCUT2D eigenvalue weighted by Gasteiger charge is 2.46. The number of amides is 1. The third-order valence-electron chi connectivity index (χ3n) is 7.05. The topological polar surface area (TPSA) is 76.1 Å². The van der Waals surface area contributed by atoms with Crippen LogP contribution in [-0.2, 0) is 16.0 Å². The minimum atomic E-state index is -0.789. The van der Waals surface area contributed by atoms with Gasteiger partial charge in [-0.3, -0.25) is 9.59 Å². The second kappa shape index (κ2) is 13.0. The van der Waals surface area contributed by atoms with Gasteiger partial charge in [-0.05, 0) is 60.4 Å². The van der Waals surface area contributed by atoms with Crippen molar-refractivity contribution in [2.24, 2.45) is 0 Å². The maximum Gasteiger partial charge on any atom is 0.295 e. The number of carbonyl (C=O) groups is 2. The van der Waals surface area contributed by atoms with Crippen LogP contribution in [0.25, 0.3) is 5.76 Å². The highest BCUT2D eigenvalue weighted by molar-refractivity contribution is 6.46. The molecule has 5 rings (SSSR count). The summed E-state index contributed by atoms with van der Waals surface area (Å²) in [4.78, 5) is 28.5. The van der Waals surface area contributed by atoms with Gasteiger partial charge in [0.1, 0.15) is 23.0 Å². The molecule has 41 heavy (non-hydrogen) atoms. The second-order valence-corrected chi connectivity index (χ2v) is 9.95. The third kappa shape index (κ3) is 6.49. The molecule has 1 heterocycles. The number of hydrogen-bond acceptors (Lipinski definition) is 5. The Morgan fingerprint density at radius 3 is 2.24 bits per heavy atom. The van der Waals surface area contributed by atoms with E-state index in [0.717, 1.165) is 18.4 Å². The number of nitrogens with zero attached hydrogens (tertiary/aromatic N) is 1. The normalized spacial score (nSPS) is 16.1. The van der Waals surface area contributed by atoms with Crippen LogP contribution in [0.1, 0.15) is 42.5 Å². The molecule has 208 valence electrons. The van der Waals surface area contributed by atoms with E-state index in [9.17, 15) is 14.7 Å². The van der Waals surface area contributed by atoms with Crippen molar-refractivity contribution in [3.8, 4) is 17.2 Å². The molecule has 1 aliphatic heterocycles. The zero-order valence-corrected chi connectivity index (χ0v) is 23.0. The predicted octanol–water partition coefficient (Wildman–Crippen LogP) is 7.32. The number of Topliss-reactive ketones (excluding diaryl/α,β-unsaturated/α-hetero) is 1. The molecule has 0 spiro atoms. The number of likely N-dealkylation sites (tertiary alicyclic amines) is 1. The van der Waals surface area contributed by atoms with E-state index in [4.69, 9.17) is 9.47 Å². The number of unbranched alkanes of at least 4 members (excludes halogenated alkanes) is 1. The smallest absolute Gasteiger partial charge is 0.295 e. The zero-order chi connectivity index (χ0) is 28.6. The van der Waals surface area contributed by atoms with Crippen LogP contribution >= 0.6 is 0 Å². The first-order chi connectivity index (χ1) is 20.0. The van der Waals surface area contributed by atoms with Gasteiger partial charge < -0.3 is 19.5 Å². The van der Waals surface area contributed by atoms with Crippen molar-refractivity contribution in [3.05, 3.63) is 131 Å². The van der Waals surface area contributed by atoms with E-state index in [1.165, 1.54) is 0 Å². The molecule has 0 aromatic heterocycles. The highest BCUT2D eigenvalue weighted by atomic mass is 16.5. The highest BCUT2D eigenvalue weighted by Crippen LogP contribution is 2.41. The van der Waals surface area contributed by atoms with E-state index in [0.29, 0.717) is 47.9 Å². The lowest BCUT2D eigenvalue weighted by Crippen LogP contribution is -2.31. The summed E-state index contributed by atoms with van der Waals surface area (Å²) in [5, 5.41) is 11.5. The number of aliphatic hydroxyl groups is 1. The summed E-state index contributed by atoms with van der Waals surface area (Å²) in [6.07, 6.45) is 2.47. The van der Waals surface area contributed by atoms with Crippen molar-refractivity contribution in [2.45, 2.75) is 32.2 Å². The van der Waals surface area contributed by atoms with Gasteiger partial charge in [-0.1, -0.05) is 86.1 Å². The Morgan fingerprint density at radius 2 is 1.49 bits per heavy atom. The Kier molecular flexibility index (Phi) is 8.79. The first kappa shape index (κ1) is 27.7. The van der Waals surface area contributed by atoms with E-state index in [1.807, 2.05) is 91.0 Å².